The van der Waals surface area contributed by atoms with Gasteiger partial charge in [0.15, 0.2) is 5.82 Å². The topological polar surface area (TPSA) is 153 Å². The zero-order chi connectivity index (χ0) is 26.5. The van der Waals surface area contributed by atoms with Crippen molar-refractivity contribution in [2.75, 3.05) is 0 Å². The molecule has 12 nitrogen and oxygen atoms in total. The second kappa shape index (κ2) is 9.03. The molecule has 1 atom stereocenters. The number of halogens is 1. The summed E-state index contributed by atoms with van der Waals surface area (Å²) in [5.74, 6) is 0.419. The number of imidazole rings is 1. The standard InChI is InChI=1S/C26H18ClN9O3/c27-17-4-6-21(35-13-29-33-34-35)19(11-17)16-9-18-5-7-22(36(18)23(37)10-16)25-28-12-20(30-25)14-2-1-3-15(8-14)24-31-26(38)39-32-24/h1-4,6,8-13,22H,5,7H2,(H,28,30)(H,31,32,38)/t22-/m0/s1. The van der Waals surface area contributed by atoms with E-state index in [0.717, 1.165) is 40.2 Å². The smallest absolute Gasteiger partial charge is 0.340 e. The predicted molar refractivity (Wildman–Crippen MR) is 140 cm³/mol. The first kappa shape index (κ1) is 23.0. The largest absolute Gasteiger partial charge is 0.439 e. The molecule has 4 aromatic heterocycles. The van der Waals surface area contributed by atoms with E-state index in [1.165, 1.54) is 6.33 Å². The Labute approximate surface area is 223 Å². The lowest BCUT2D eigenvalue weighted by Crippen LogP contribution is -2.23. The normalized spacial score (nSPS) is 14.5. The molecular formula is C26H18ClN9O3. The highest BCUT2D eigenvalue weighted by atomic mass is 35.5. The van der Waals surface area contributed by atoms with Crippen LogP contribution in [0.3, 0.4) is 0 Å². The van der Waals surface area contributed by atoms with E-state index in [-0.39, 0.29) is 11.6 Å². The van der Waals surface area contributed by atoms with Crippen molar-refractivity contribution < 1.29 is 4.52 Å². The highest BCUT2D eigenvalue weighted by Gasteiger charge is 2.28. The van der Waals surface area contributed by atoms with Crippen molar-refractivity contribution in [2.24, 2.45) is 0 Å². The number of H-pyrrole nitrogens is 2. The summed E-state index contributed by atoms with van der Waals surface area (Å²) in [6.45, 7) is 0. The van der Waals surface area contributed by atoms with Gasteiger partial charge in [0.1, 0.15) is 12.2 Å². The van der Waals surface area contributed by atoms with Gasteiger partial charge in [-0.2, -0.15) is 4.68 Å². The summed E-state index contributed by atoms with van der Waals surface area (Å²) in [5.41, 5.74) is 5.31. The van der Waals surface area contributed by atoms with Crippen LogP contribution in [0.25, 0.3) is 39.5 Å². The molecule has 0 unspecified atom stereocenters. The Morgan fingerprint density at radius 3 is 2.72 bits per heavy atom. The Bertz CT molecular complexity index is 1950. The van der Waals surface area contributed by atoms with Crippen molar-refractivity contribution in [3.8, 4) is 39.5 Å². The van der Waals surface area contributed by atoms with Gasteiger partial charge < -0.3 is 9.55 Å². The Hall–Kier alpha value is -5.10. The number of hydrogen-bond donors (Lipinski definition) is 2. The second-order valence-electron chi connectivity index (χ2n) is 9.12. The van der Waals surface area contributed by atoms with Crippen molar-refractivity contribution in [3.05, 3.63) is 105 Å². The van der Waals surface area contributed by atoms with Gasteiger partial charge in [-0.15, -0.1) is 5.10 Å². The highest BCUT2D eigenvalue weighted by Crippen LogP contribution is 2.34. The molecule has 0 saturated heterocycles. The van der Waals surface area contributed by atoms with Crippen LogP contribution in [0.5, 0.6) is 0 Å². The average molecular weight is 540 g/mol. The Kier molecular flexibility index (Phi) is 5.33. The van der Waals surface area contributed by atoms with Crippen molar-refractivity contribution in [1.29, 1.82) is 0 Å². The van der Waals surface area contributed by atoms with Crippen LogP contribution in [-0.4, -0.2) is 44.9 Å². The van der Waals surface area contributed by atoms with Gasteiger partial charge in [0, 0.05) is 33.5 Å². The summed E-state index contributed by atoms with van der Waals surface area (Å²) >= 11 is 6.31. The van der Waals surface area contributed by atoms with E-state index in [4.69, 9.17) is 11.6 Å². The molecule has 39 heavy (non-hydrogen) atoms. The number of benzene rings is 2. The first-order chi connectivity index (χ1) is 19.0. The van der Waals surface area contributed by atoms with Crippen LogP contribution in [0.4, 0.5) is 0 Å². The Balaban J connectivity index is 1.23. The molecule has 0 amide bonds. The summed E-state index contributed by atoms with van der Waals surface area (Å²) in [7, 11) is 0. The van der Waals surface area contributed by atoms with E-state index in [2.05, 4.69) is 40.2 Å². The zero-order valence-corrected chi connectivity index (χ0v) is 20.8. The van der Waals surface area contributed by atoms with Crippen LogP contribution in [-0.2, 0) is 6.42 Å². The number of tetrazole rings is 1. The maximum atomic E-state index is 13.4. The van der Waals surface area contributed by atoms with Crippen molar-refractivity contribution in [3.63, 3.8) is 0 Å². The van der Waals surface area contributed by atoms with Crippen LogP contribution in [0.15, 0.2) is 81.2 Å². The van der Waals surface area contributed by atoms with E-state index in [0.29, 0.717) is 28.7 Å². The van der Waals surface area contributed by atoms with E-state index < -0.39 is 5.76 Å². The lowest BCUT2D eigenvalue weighted by atomic mass is 10.0. The van der Waals surface area contributed by atoms with Crippen LogP contribution in [0.2, 0.25) is 5.02 Å². The molecule has 1 aliphatic rings. The molecule has 6 aromatic rings. The zero-order valence-electron chi connectivity index (χ0n) is 20.1. The quantitative estimate of drug-likeness (QED) is 0.338. The molecule has 0 aliphatic carbocycles. The van der Waals surface area contributed by atoms with E-state index in [1.54, 1.807) is 33.6 Å². The van der Waals surface area contributed by atoms with Gasteiger partial charge in [-0.25, -0.2) is 9.78 Å². The molecule has 0 fully saturated rings. The van der Waals surface area contributed by atoms with Crippen molar-refractivity contribution in [2.45, 2.75) is 18.9 Å². The van der Waals surface area contributed by atoms with E-state index in [1.807, 2.05) is 36.4 Å². The second-order valence-corrected chi connectivity index (χ2v) is 9.56. The third-order valence-corrected chi connectivity index (χ3v) is 7.03. The van der Waals surface area contributed by atoms with Gasteiger partial charge >= 0.3 is 5.76 Å². The number of fused-ring (bicyclic) bond motifs is 1. The maximum absolute atomic E-state index is 13.4. The molecule has 0 radical (unpaired) electrons. The molecule has 7 rings (SSSR count). The monoisotopic (exact) mass is 539 g/mol. The molecule has 2 N–H and O–H groups in total. The molecule has 13 heteroatoms. The third-order valence-electron chi connectivity index (χ3n) is 6.80. The van der Waals surface area contributed by atoms with Gasteiger partial charge in [-0.3, -0.25) is 14.3 Å². The van der Waals surface area contributed by atoms with Gasteiger partial charge in [-0.1, -0.05) is 35.0 Å². The first-order valence-electron chi connectivity index (χ1n) is 12.0. The highest BCUT2D eigenvalue weighted by molar-refractivity contribution is 6.31. The van der Waals surface area contributed by atoms with E-state index in [9.17, 15) is 9.59 Å². The van der Waals surface area contributed by atoms with Gasteiger partial charge in [0.2, 0.25) is 0 Å². The molecule has 192 valence electrons. The van der Waals surface area contributed by atoms with Crippen LogP contribution >= 0.6 is 11.6 Å². The van der Waals surface area contributed by atoms with Crippen molar-refractivity contribution >= 4 is 11.6 Å². The lowest BCUT2D eigenvalue weighted by molar-refractivity contribution is 0.388. The first-order valence-corrected chi connectivity index (χ1v) is 12.4. The summed E-state index contributed by atoms with van der Waals surface area (Å²) in [4.78, 5) is 35.3. The lowest BCUT2D eigenvalue weighted by Gasteiger charge is -2.15. The number of aromatic amines is 2. The number of pyridine rings is 1. The maximum Gasteiger partial charge on any atom is 0.439 e. The summed E-state index contributed by atoms with van der Waals surface area (Å²) < 4.78 is 7.94. The number of nitrogens with zero attached hydrogens (tertiary/aromatic N) is 7. The van der Waals surface area contributed by atoms with Crippen LogP contribution < -0.4 is 11.3 Å². The van der Waals surface area contributed by atoms with E-state index >= 15 is 0 Å². The minimum atomic E-state index is -0.616. The molecule has 5 heterocycles. The summed E-state index contributed by atoms with van der Waals surface area (Å²) in [5, 5.41) is 15.7. The van der Waals surface area contributed by atoms with Gasteiger partial charge in [0.25, 0.3) is 5.56 Å². The van der Waals surface area contributed by atoms with Gasteiger partial charge in [0.05, 0.1) is 23.6 Å². The molecule has 0 spiro atoms. The fraction of sp³-hybridized carbons (Fsp3) is 0.115. The van der Waals surface area contributed by atoms with Crippen molar-refractivity contribution in [1.82, 2.24) is 44.9 Å². The minimum absolute atomic E-state index is 0.137. The summed E-state index contributed by atoms with van der Waals surface area (Å²) in [6.07, 6.45) is 4.67. The molecule has 2 aromatic carbocycles. The SMILES string of the molecule is O=c1[nH]c(-c2cccc(-c3cnc([C@@H]4CCc5cc(-c6cc(Cl)ccc6-n6cnnn6)cc(=O)n54)[nH]3)c2)no1. The average Bonchev–Trinajstić information content (AvgIpc) is 3.75. The fourth-order valence-electron chi connectivity index (χ4n) is 5.06. The van der Waals surface area contributed by atoms with Crippen LogP contribution in [0.1, 0.15) is 24.0 Å². The molecule has 0 saturated carbocycles. The molecule has 1 aliphatic heterocycles. The molecule has 0 bridgehead atoms. The minimum Gasteiger partial charge on any atom is -0.340 e. The number of nitrogens with one attached hydrogen (secondary N) is 2. The Morgan fingerprint density at radius 2 is 1.90 bits per heavy atom. The van der Waals surface area contributed by atoms with Gasteiger partial charge in [-0.05, 0) is 59.2 Å². The Morgan fingerprint density at radius 1 is 1.00 bits per heavy atom. The number of hydrogen-bond acceptors (Lipinski definition) is 8. The summed E-state index contributed by atoms with van der Waals surface area (Å²) in [6, 6.07) is 16.2. The van der Waals surface area contributed by atoms with Crippen LogP contribution in [0, 0.1) is 0 Å². The fourth-order valence-corrected chi connectivity index (χ4v) is 5.23. The molecular weight excluding hydrogens is 522 g/mol. The third kappa shape index (κ3) is 4.07. The number of aryl methyl sites for hydroxylation is 1. The number of rotatable bonds is 5. The number of aromatic nitrogens is 9. The predicted octanol–water partition coefficient (Wildman–Crippen LogP) is 3.41.